The molecule has 4 heteroatoms. The lowest BCUT2D eigenvalue weighted by Crippen LogP contribution is -2.37. The first-order valence-corrected chi connectivity index (χ1v) is 5.76. The van der Waals surface area contributed by atoms with E-state index in [0.717, 1.165) is 18.6 Å². The van der Waals surface area contributed by atoms with Crippen LogP contribution in [-0.2, 0) is 0 Å². The zero-order chi connectivity index (χ0) is 13.0. The maximum atomic E-state index is 13.1. The first kappa shape index (κ1) is 13.5. The number of rotatable bonds is 4. The van der Waals surface area contributed by atoms with E-state index in [1.165, 1.54) is 6.07 Å². The van der Waals surface area contributed by atoms with Crippen molar-refractivity contribution in [1.29, 1.82) is 0 Å². The highest BCUT2D eigenvalue weighted by molar-refractivity contribution is 5.97. The van der Waals surface area contributed by atoms with E-state index in [0.29, 0.717) is 6.54 Å². The first-order chi connectivity index (χ1) is 7.97. The van der Waals surface area contributed by atoms with Crippen molar-refractivity contribution in [3.63, 3.8) is 0 Å². The number of aromatic hydroxyl groups is 1. The minimum absolute atomic E-state index is 0.0186. The van der Waals surface area contributed by atoms with Crippen molar-refractivity contribution in [2.45, 2.75) is 33.2 Å². The smallest absolute Gasteiger partial charge is 0.257 e. The number of carbonyl (C=O) groups excluding carboxylic acids is 1. The van der Waals surface area contributed by atoms with Gasteiger partial charge in [-0.05, 0) is 38.5 Å². The third-order valence-corrected chi connectivity index (χ3v) is 2.54. The molecule has 1 aromatic rings. The Morgan fingerprint density at radius 2 is 2.12 bits per heavy atom. The summed E-state index contributed by atoms with van der Waals surface area (Å²) in [5.41, 5.74) is 0.0205. The fraction of sp³-hybridized carbons (Fsp3) is 0.462. The molecule has 1 N–H and O–H groups in total. The van der Waals surface area contributed by atoms with Gasteiger partial charge in [0.05, 0.1) is 5.56 Å². The Morgan fingerprint density at radius 3 is 2.65 bits per heavy atom. The van der Waals surface area contributed by atoms with Gasteiger partial charge >= 0.3 is 0 Å². The molecule has 0 radical (unpaired) electrons. The summed E-state index contributed by atoms with van der Waals surface area (Å²) in [5.74, 6) is -1.04. The van der Waals surface area contributed by atoms with Crippen molar-refractivity contribution in [3.05, 3.63) is 29.6 Å². The van der Waals surface area contributed by atoms with Crippen molar-refractivity contribution < 1.29 is 14.3 Å². The van der Waals surface area contributed by atoms with Gasteiger partial charge in [0.15, 0.2) is 0 Å². The first-order valence-electron chi connectivity index (χ1n) is 5.76. The van der Waals surface area contributed by atoms with Crippen molar-refractivity contribution >= 4 is 5.91 Å². The lowest BCUT2D eigenvalue weighted by atomic mass is 10.1. The Bertz CT molecular complexity index is 404. The van der Waals surface area contributed by atoms with Crippen LogP contribution in [0.2, 0.25) is 0 Å². The van der Waals surface area contributed by atoms with E-state index in [4.69, 9.17) is 0 Å². The molecule has 0 fully saturated rings. The molecule has 0 aliphatic carbocycles. The summed E-state index contributed by atoms with van der Waals surface area (Å²) in [4.78, 5) is 13.8. The number of nitrogens with zero attached hydrogens (tertiary/aromatic N) is 1. The fourth-order valence-corrected chi connectivity index (χ4v) is 1.67. The lowest BCUT2D eigenvalue weighted by Gasteiger charge is -2.26. The molecule has 0 saturated carbocycles. The summed E-state index contributed by atoms with van der Waals surface area (Å²) < 4.78 is 13.1. The van der Waals surface area contributed by atoms with E-state index in [1.807, 2.05) is 20.8 Å². The Kier molecular flexibility index (Phi) is 4.49. The Hall–Kier alpha value is -1.58. The Balaban J connectivity index is 3.04. The van der Waals surface area contributed by atoms with Gasteiger partial charge < -0.3 is 10.0 Å². The zero-order valence-electron chi connectivity index (χ0n) is 10.4. The van der Waals surface area contributed by atoms with Crippen LogP contribution in [0.1, 0.15) is 37.6 Å². The minimum Gasteiger partial charge on any atom is -0.507 e. The minimum atomic E-state index is -0.522. The van der Waals surface area contributed by atoms with Gasteiger partial charge in [0.25, 0.3) is 5.91 Å². The lowest BCUT2D eigenvalue weighted by molar-refractivity contribution is 0.0702. The summed E-state index contributed by atoms with van der Waals surface area (Å²) in [6.45, 7) is 6.34. The summed E-state index contributed by atoms with van der Waals surface area (Å²) in [5, 5.41) is 9.59. The summed E-state index contributed by atoms with van der Waals surface area (Å²) in [6, 6.07) is 3.42. The molecular weight excluding hydrogens is 221 g/mol. The van der Waals surface area contributed by atoms with Gasteiger partial charge in [-0.25, -0.2) is 4.39 Å². The predicted octanol–water partition coefficient (Wildman–Crippen LogP) is 2.79. The fourth-order valence-electron chi connectivity index (χ4n) is 1.67. The topological polar surface area (TPSA) is 40.5 Å². The van der Waals surface area contributed by atoms with Gasteiger partial charge in [-0.1, -0.05) is 6.92 Å². The number of benzene rings is 1. The van der Waals surface area contributed by atoms with Gasteiger partial charge in [-0.2, -0.15) is 0 Å². The van der Waals surface area contributed by atoms with E-state index in [2.05, 4.69) is 0 Å². The number of amides is 1. The van der Waals surface area contributed by atoms with Crippen molar-refractivity contribution in [2.75, 3.05) is 6.54 Å². The van der Waals surface area contributed by atoms with E-state index >= 15 is 0 Å². The third-order valence-electron chi connectivity index (χ3n) is 2.54. The summed E-state index contributed by atoms with van der Waals surface area (Å²) >= 11 is 0. The molecule has 1 amide bonds. The molecule has 0 atom stereocenters. The molecule has 0 heterocycles. The van der Waals surface area contributed by atoms with Crippen LogP contribution >= 0.6 is 0 Å². The van der Waals surface area contributed by atoms with Crippen LogP contribution in [-0.4, -0.2) is 28.5 Å². The van der Waals surface area contributed by atoms with Crippen LogP contribution in [0.5, 0.6) is 5.75 Å². The van der Waals surface area contributed by atoms with E-state index in [1.54, 1.807) is 4.90 Å². The maximum absolute atomic E-state index is 13.1. The van der Waals surface area contributed by atoms with Crippen LogP contribution < -0.4 is 0 Å². The second kappa shape index (κ2) is 5.66. The van der Waals surface area contributed by atoms with Crippen LogP contribution in [0, 0.1) is 5.82 Å². The number of phenols is 1. The van der Waals surface area contributed by atoms with Crippen LogP contribution in [0.3, 0.4) is 0 Å². The molecule has 0 spiro atoms. The largest absolute Gasteiger partial charge is 0.507 e. The number of hydrogen-bond donors (Lipinski definition) is 1. The van der Waals surface area contributed by atoms with E-state index in [-0.39, 0.29) is 23.3 Å². The molecule has 94 valence electrons. The van der Waals surface area contributed by atoms with Crippen molar-refractivity contribution in [2.24, 2.45) is 0 Å². The molecule has 0 aromatic heterocycles. The van der Waals surface area contributed by atoms with Crippen LogP contribution in [0.15, 0.2) is 18.2 Å². The number of carbonyl (C=O) groups is 1. The Labute approximate surface area is 101 Å². The van der Waals surface area contributed by atoms with Gasteiger partial charge in [0.2, 0.25) is 0 Å². The van der Waals surface area contributed by atoms with Crippen LogP contribution in [0.4, 0.5) is 4.39 Å². The second-order valence-corrected chi connectivity index (χ2v) is 4.25. The average molecular weight is 239 g/mol. The molecular formula is C13H18FNO2. The monoisotopic (exact) mass is 239 g/mol. The highest BCUT2D eigenvalue weighted by atomic mass is 19.1. The predicted molar refractivity (Wildman–Crippen MR) is 64.5 cm³/mol. The van der Waals surface area contributed by atoms with Crippen LogP contribution in [0.25, 0.3) is 0 Å². The molecule has 0 saturated heterocycles. The van der Waals surface area contributed by atoms with Crippen molar-refractivity contribution in [1.82, 2.24) is 4.90 Å². The quantitative estimate of drug-likeness (QED) is 0.877. The average Bonchev–Trinajstić information content (AvgIpc) is 2.28. The molecule has 1 rings (SSSR count). The standard InChI is InChI=1S/C13H18FNO2/c1-4-7-15(9(2)3)13(17)11-8-10(14)5-6-12(11)16/h5-6,8-9,16H,4,7H2,1-3H3. The van der Waals surface area contributed by atoms with Gasteiger partial charge in [-0.3, -0.25) is 4.79 Å². The highest BCUT2D eigenvalue weighted by Gasteiger charge is 2.21. The number of hydrogen-bond acceptors (Lipinski definition) is 2. The highest BCUT2D eigenvalue weighted by Crippen LogP contribution is 2.20. The summed E-state index contributed by atoms with van der Waals surface area (Å²) in [6.07, 6.45) is 0.819. The SMILES string of the molecule is CCCN(C(=O)c1cc(F)ccc1O)C(C)C. The molecule has 17 heavy (non-hydrogen) atoms. The van der Waals surface area contributed by atoms with Gasteiger partial charge in [0, 0.05) is 12.6 Å². The number of halogens is 1. The Morgan fingerprint density at radius 1 is 1.47 bits per heavy atom. The molecule has 1 aromatic carbocycles. The second-order valence-electron chi connectivity index (χ2n) is 4.25. The van der Waals surface area contributed by atoms with Gasteiger partial charge in [-0.15, -0.1) is 0 Å². The molecule has 0 aliphatic heterocycles. The molecule has 0 bridgehead atoms. The summed E-state index contributed by atoms with van der Waals surface area (Å²) in [7, 11) is 0. The van der Waals surface area contributed by atoms with Gasteiger partial charge in [0.1, 0.15) is 11.6 Å². The number of phenolic OH excluding ortho intramolecular Hbond substituents is 1. The molecule has 3 nitrogen and oxygen atoms in total. The molecule has 0 aliphatic rings. The van der Waals surface area contributed by atoms with E-state index in [9.17, 15) is 14.3 Å². The third kappa shape index (κ3) is 3.19. The van der Waals surface area contributed by atoms with E-state index < -0.39 is 5.82 Å². The van der Waals surface area contributed by atoms with Crippen molar-refractivity contribution in [3.8, 4) is 5.75 Å². The zero-order valence-corrected chi connectivity index (χ0v) is 10.4. The maximum Gasteiger partial charge on any atom is 0.257 e. The molecule has 0 unspecified atom stereocenters. The normalized spacial score (nSPS) is 10.6.